The monoisotopic (exact) mass is 509 g/mol. The number of nitrogen functional groups attached to an aromatic ring is 2. The van der Waals surface area contributed by atoms with Crippen molar-refractivity contribution in [3.05, 3.63) is 119 Å². The number of carbonyl (C=O) groups excluding carboxylic acids is 1. The van der Waals surface area contributed by atoms with E-state index in [1.54, 1.807) is 55.6 Å². The minimum Gasteiger partial charge on any atom is -0.493 e. The first kappa shape index (κ1) is 26.1. The van der Waals surface area contributed by atoms with Gasteiger partial charge in [0, 0.05) is 23.5 Å². The van der Waals surface area contributed by atoms with Gasteiger partial charge in [-0.25, -0.2) is 0 Å². The lowest BCUT2D eigenvalue weighted by molar-refractivity contribution is -0.122. The van der Waals surface area contributed by atoms with Crippen molar-refractivity contribution < 1.29 is 14.3 Å². The minimum absolute atomic E-state index is 0.0230. The summed E-state index contributed by atoms with van der Waals surface area (Å²) >= 11 is 0. The number of methoxy groups -OCH3 is 1. The maximum absolute atomic E-state index is 13.4. The first-order valence-electron chi connectivity index (χ1n) is 12.1. The third kappa shape index (κ3) is 6.82. The normalized spacial score (nSPS) is 11.3. The van der Waals surface area contributed by atoms with Crippen LogP contribution >= 0.6 is 0 Å². The molecule has 8 nitrogen and oxygen atoms in total. The lowest BCUT2D eigenvalue weighted by atomic mass is 10.0. The molecule has 4 aromatic rings. The number of amides is 1. The van der Waals surface area contributed by atoms with E-state index in [0.717, 1.165) is 11.1 Å². The van der Waals surface area contributed by atoms with E-state index in [2.05, 4.69) is 10.6 Å². The summed E-state index contributed by atoms with van der Waals surface area (Å²) in [6, 6.07) is 28.9. The summed E-state index contributed by atoms with van der Waals surface area (Å²) in [6.07, 6.45) is 0. The molecule has 7 N–H and O–H groups in total. The van der Waals surface area contributed by atoms with Crippen LogP contribution in [0.3, 0.4) is 0 Å². The van der Waals surface area contributed by atoms with Gasteiger partial charge in [-0.1, -0.05) is 48.5 Å². The Hall–Kier alpha value is -4.98. The van der Waals surface area contributed by atoms with Gasteiger partial charge in [0.25, 0.3) is 0 Å². The van der Waals surface area contributed by atoms with Crippen molar-refractivity contribution in [2.24, 2.45) is 5.73 Å². The second kappa shape index (κ2) is 12.3. The van der Waals surface area contributed by atoms with Gasteiger partial charge in [0.2, 0.25) is 5.91 Å². The van der Waals surface area contributed by atoms with Crippen LogP contribution in [0.2, 0.25) is 0 Å². The highest BCUT2D eigenvalue weighted by Crippen LogP contribution is 2.32. The highest BCUT2D eigenvalue weighted by molar-refractivity contribution is 5.95. The molecule has 8 heteroatoms. The van der Waals surface area contributed by atoms with Gasteiger partial charge < -0.3 is 31.6 Å². The molecule has 38 heavy (non-hydrogen) atoms. The Morgan fingerprint density at radius 3 is 2.26 bits per heavy atom. The molecule has 194 valence electrons. The van der Waals surface area contributed by atoms with Crippen LogP contribution in [0.5, 0.6) is 11.5 Å². The van der Waals surface area contributed by atoms with Gasteiger partial charge in [0.05, 0.1) is 7.11 Å². The molecule has 0 aliphatic rings. The molecule has 0 saturated carbocycles. The molecule has 0 bridgehead atoms. The molecule has 0 heterocycles. The van der Waals surface area contributed by atoms with Gasteiger partial charge >= 0.3 is 0 Å². The van der Waals surface area contributed by atoms with E-state index in [1.807, 2.05) is 48.5 Å². The summed E-state index contributed by atoms with van der Waals surface area (Å²) < 4.78 is 11.6. The Morgan fingerprint density at radius 2 is 1.61 bits per heavy atom. The number of hydrogen-bond acceptors (Lipinski definition) is 6. The van der Waals surface area contributed by atoms with E-state index in [4.69, 9.17) is 26.4 Å². The van der Waals surface area contributed by atoms with Crippen molar-refractivity contribution in [1.82, 2.24) is 5.32 Å². The van der Waals surface area contributed by atoms with E-state index in [9.17, 15) is 4.79 Å². The molecule has 1 atom stereocenters. The standard InChI is InChI=1S/C30H31N5O3/c1-37-27-17-23(11-16-26(27)38-19-21-5-3-2-4-6-21)28(35-25-14-9-22(10-15-25)29(32)33)30(36)34-18-20-7-12-24(31)13-8-20/h2-17,28,35H,18-19,31H2,1H3,(H3,32,33)(H,34,36). The highest BCUT2D eigenvalue weighted by Gasteiger charge is 2.22. The van der Waals surface area contributed by atoms with Crippen molar-refractivity contribution in [2.75, 3.05) is 18.2 Å². The van der Waals surface area contributed by atoms with Crippen LogP contribution in [0.25, 0.3) is 0 Å². The number of nitrogens with one attached hydrogen (secondary N) is 3. The van der Waals surface area contributed by atoms with E-state index < -0.39 is 6.04 Å². The Morgan fingerprint density at radius 1 is 0.895 bits per heavy atom. The first-order valence-corrected chi connectivity index (χ1v) is 12.1. The zero-order chi connectivity index (χ0) is 26.9. The third-order valence-corrected chi connectivity index (χ3v) is 5.97. The summed E-state index contributed by atoms with van der Waals surface area (Å²) in [5, 5.41) is 13.9. The lowest BCUT2D eigenvalue weighted by Crippen LogP contribution is -2.33. The van der Waals surface area contributed by atoms with Gasteiger partial charge in [0.1, 0.15) is 18.5 Å². The number of ether oxygens (including phenoxy) is 2. The summed E-state index contributed by atoms with van der Waals surface area (Å²) in [5.74, 6) is 0.845. The third-order valence-electron chi connectivity index (χ3n) is 5.97. The second-order valence-corrected chi connectivity index (χ2v) is 8.71. The predicted molar refractivity (Wildman–Crippen MR) is 150 cm³/mol. The van der Waals surface area contributed by atoms with Crippen molar-refractivity contribution in [3.8, 4) is 11.5 Å². The van der Waals surface area contributed by atoms with Gasteiger partial charge in [-0.15, -0.1) is 0 Å². The smallest absolute Gasteiger partial charge is 0.247 e. The molecule has 0 aromatic heterocycles. The zero-order valence-corrected chi connectivity index (χ0v) is 21.1. The summed E-state index contributed by atoms with van der Waals surface area (Å²) in [6.45, 7) is 0.735. The molecule has 1 unspecified atom stereocenters. The molecule has 0 saturated heterocycles. The van der Waals surface area contributed by atoms with Gasteiger partial charge in [-0.2, -0.15) is 0 Å². The van der Waals surface area contributed by atoms with E-state index in [1.165, 1.54) is 0 Å². The molecule has 1 amide bonds. The minimum atomic E-state index is -0.732. The van der Waals surface area contributed by atoms with Crippen LogP contribution in [0.4, 0.5) is 11.4 Å². The van der Waals surface area contributed by atoms with Crippen LogP contribution in [-0.4, -0.2) is 18.9 Å². The van der Waals surface area contributed by atoms with E-state index >= 15 is 0 Å². The van der Waals surface area contributed by atoms with E-state index in [0.29, 0.717) is 47.2 Å². The van der Waals surface area contributed by atoms with Crippen LogP contribution < -0.4 is 31.6 Å². The largest absolute Gasteiger partial charge is 0.493 e. The fourth-order valence-corrected chi connectivity index (χ4v) is 3.86. The Labute approximate surface area is 222 Å². The number of rotatable bonds is 11. The number of carbonyl (C=O) groups is 1. The molecule has 0 radical (unpaired) electrons. The summed E-state index contributed by atoms with van der Waals surface area (Å²) in [7, 11) is 1.57. The number of amidine groups is 1. The van der Waals surface area contributed by atoms with E-state index in [-0.39, 0.29) is 11.7 Å². The molecule has 4 aromatic carbocycles. The Bertz CT molecular complexity index is 1370. The topological polar surface area (TPSA) is 135 Å². The average Bonchev–Trinajstić information content (AvgIpc) is 2.95. The van der Waals surface area contributed by atoms with Crippen molar-refractivity contribution in [2.45, 2.75) is 19.2 Å². The fourth-order valence-electron chi connectivity index (χ4n) is 3.86. The van der Waals surface area contributed by atoms with Crippen molar-refractivity contribution in [1.29, 1.82) is 5.41 Å². The summed E-state index contributed by atoms with van der Waals surface area (Å²) in [5.41, 5.74) is 16.0. The molecular formula is C30H31N5O3. The van der Waals surface area contributed by atoms with Crippen LogP contribution in [0.1, 0.15) is 28.3 Å². The number of nitrogens with two attached hydrogens (primary N) is 2. The predicted octanol–water partition coefficient (Wildman–Crippen LogP) is 4.61. The quantitative estimate of drug-likeness (QED) is 0.114. The molecular weight excluding hydrogens is 478 g/mol. The molecule has 0 aliphatic carbocycles. The van der Waals surface area contributed by atoms with Crippen molar-refractivity contribution in [3.63, 3.8) is 0 Å². The maximum atomic E-state index is 13.4. The van der Waals surface area contributed by atoms with Crippen molar-refractivity contribution >= 4 is 23.1 Å². The first-order chi connectivity index (χ1) is 18.4. The van der Waals surface area contributed by atoms with Gasteiger partial charge in [0.15, 0.2) is 11.5 Å². The maximum Gasteiger partial charge on any atom is 0.247 e. The molecule has 0 spiro atoms. The fraction of sp³-hybridized carbons (Fsp3) is 0.133. The number of anilines is 2. The SMILES string of the molecule is COc1cc(C(Nc2ccc(C(=N)N)cc2)C(=O)NCc2ccc(N)cc2)ccc1OCc1ccccc1. The number of hydrogen-bond donors (Lipinski definition) is 5. The second-order valence-electron chi connectivity index (χ2n) is 8.71. The van der Waals surface area contributed by atoms with Crippen LogP contribution in [0, 0.1) is 5.41 Å². The molecule has 0 aliphatic heterocycles. The Balaban J connectivity index is 1.56. The Kier molecular flexibility index (Phi) is 8.46. The lowest BCUT2D eigenvalue weighted by Gasteiger charge is -2.22. The summed E-state index contributed by atoms with van der Waals surface area (Å²) in [4.78, 5) is 13.4. The zero-order valence-electron chi connectivity index (χ0n) is 21.1. The van der Waals surface area contributed by atoms with Crippen LogP contribution in [0.15, 0.2) is 97.1 Å². The van der Waals surface area contributed by atoms with Gasteiger partial charge in [-0.05, 0) is 65.2 Å². The average molecular weight is 510 g/mol. The molecule has 4 rings (SSSR count). The highest BCUT2D eigenvalue weighted by atomic mass is 16.5. The number of benzene rings is 4. The van der Waals surface area contributed by atoms with Crippen LogP contribution in [-0.2, 0) is 17.9 Å². The molecule has 0 fully saturated rings. The van der Waals surface area contributed by atoms with Gasteiger partial charge in [-0.3, -0.25) is 10.2 Å².